The quantitative estimate of drug-likeness (QED) is 0.306. The summed E-state index contributed by atoms with van der Waals surface area (Å²) in [7, 11) is 0. The summed E-state index contributed by atoms with van der Waals surface area (Å²) in [6, 6.07) is 14.7. The van der Waals surface area contributed by atoms with Gasteiger partial charge in [-0.15, -0.1) is 0 Å². The summed E-state index contributed by atoms with van der Waals surface area (Å²) >= 11 is 0. The average molecular weight is 444 g/mol. The Morgan fingerprint density at radius 3 is 2.61 bits per heavy atom. The van der Waals surface area contributed by atoms with Gasteiger partial charge in [0.2, 0.25) is 0 Å². The molecule has 8 nitrogen and oxygen atoms in total. The van der Waals surface area contributed by atoms with E-state index in [4.69, 9.17) is 9.94 Å². The zero-order chi connectivity index (χ0) is 22.9. The fourth-order valence-corrected chi connectivity index (χ4v) is 3.44. The molecule has 1 fully saturated rings. The molecule has 0 aliphatic carbocycles. The summed E-state index contributed by atoms with van der Waals surface area (Å²) in [6.07, 6.45) is 3.43. The molecule has 1 saturated heterocycles. The first-order valence-corrected chi connectivity index (χ1v) is 10.7. The summed E-state index contributed by atoms with van der Waals surface area (Å²) in [5.41, 5.74) is 5.18. The van der Waals surface area contributed by atoms with E-state index in [2.05, 4.69) is 32.0 Å². The van der Waals surface area contributed by atoms with Gasteiger partial charge in [-0.3, -0.25) is 19.9 Å². The number of hydrogen-bond acceptors (Lipinski definition) is 7. The summed E-state index contributed by atoms with van der Waals surface area (Å²) < 4.78 is 5.38. The Hall–Kier alpha value is -3.77. The molecule has 1 amide bonds. The molecule has 0 atom stereocenters. The molecule has 4 rings (SSSR count). The van der Waals surface area contributed by atoms with Gasteiger partial charge in [-0.1, -0.05) is 24.0 Å². The van der Waals surface area contributed by atoms with Crippen molar-refractivity contribution >= 4 is 11.7 Å². The zero-order valence-electron chi connectivity index (χ0n) is 18.1. The first-order chi connectivity index (χ1) is 16.2. The van der Waals surface area contributed by atoms with Crippen molar-refractivity contribution in [3.8, 4) is 23.1 Å². The smallest absolute Gasteiger partial charge is 0.274 e. The van der Waals surface area contributed by atoms with Crippen LogP contribution in [0.25, 0.3) is 11.3 Å². The van der Waals surface area contributed by atoms with Crippen LogP contribution in [0.15, 0.2) is 60.9 Å². The lowest BCUT2D eigenvalue weighted by Crippen LogP contribution is -2.39. The standard InChI is InChI=1S/C25H25N5O3/c31-25(29-32)22-16-23(28-24(17-22)27-10-11-30-12-14-33-15-13-30)21-7-5-19(6-8-21)3-4-20-2-1-9-26-18-20/h1-2,5-9,16-18,32H,10-15H2,(H,27,28)(H,29,31). The zero-order valence-corrected chi connectivity index (χ0v) is 18.1. The number of nitrogens with zero attached hydrogens (tertiary/aromatic N) is 3. The van der Waals surface area contributed by atoms with Gasteiger partial charge >= 0.3 is 0 Å². The number of nitrogens with one attached hydrogen (secondary N) is 2. The lowest BCUT2D eigenvalue weighted by Gasteiger charge is -2.26. The minimum atomic E-state index is -0.589. The molecule has 0 radical (unpaired) electrons. The second-order valence-electron chi connectivity index (χ2n) is 7.52. The summed E-state index contributed by atoms with van der Waals surface area (Å²) in [5, 5.41) is 12.4. The van der Waals surface area contributed by atoms with E-state index in [9.17, 15) is 4.79 Å². The fourth-order valence-electron chi connectivity index (χ4n) is 3.44. The van der Waals surface area contributed by atoms with E-state index >= 15 is 0 Å². The Morgan fingerprint density at radius 2 is 1.88 bits per heavy atom. The molecule has 3 aromatic rings. The second kappa shape index (κ2) is 11.2. The minimum absolute atomic E-state index is 0.316. The number of carbonyl (C=O) groups excluding carboxylic acids is 1. The van der Waals surface area contributed by atoms with Crippen LogP contribution in [0.3, 0.4) is 0 Å². The highest BCUT2D eigenvalue weighted by molar-refractivity contribution is 5.95. The average Bonchev–Trinajstić information content (AvgIpc) is 2.88. The number of pyridine rings is 2. The number of carbonyl (C=O) groups is 1. The van der Waals surface area contributed by atoms with Gasteiger partial charge in [-0.2, -0.15) is 0 Å². The largest absolute Gasteiger partial charge is 0.379 e. The van der Waals surface area contributed by atoms with E-state index in [-0.39, 0.29) is 0 Å². The van der Waals surface area contributed by atoms with Crippen molar-refractivity contribution in [2.45, 2.75) is 0 Å². The number of aromatic nitrogens is 2. The molecule has 3 N–H and O–H groups in total. The summed E-state index contributed by atoms with van der Waals surface area (Å²) in [4.78, 5) is 23.1. The third-order valence-electron chi connectivity index (χ3n) is 5.22. The van der Waals surface area contributed by atoms with Gasteiger partial charge in [-0.25, -0.2) is 10.5 Å². The number of rotatable bonds is 6. The van der Waals surface area contributed by atoms with E-state index in [0.29, 0.717) is 23.6 Å². The predicted octanol–water partition coefficient (Wildman–Crippen LogP) is 2.41. The molecular formula is C25H25N5O3. The molecule has 8 heteroatoms. The maximum atomic E-state index is 12.1. The van der Waals surface area contributed by atoms with Gasteiger partial charge < -0.3 is 10.1 Å². The van der Waals surface area contributed by atoms with Gasteiger partial charge in [-0.05, 0) is 36.4 Å². The minimum Gasteiger partial charge on any atom is -0.379 e. The monoisotopic (exact) mass is 443 g/mol. The third-order valence-corrected chi connectivity index (χ3v) is 5.22. The molecule has 1 aliphatic heterocycles. The van der Waals surface area contributed by atoms with Crippen molar-refractivity contribution in [3.05, 3.63) is 77.6 Å². The lowest BCUT2D eigenvalue weighted by atomic mass is 10.1. The fraction of sp³-hybridized carbons (Fsp3) is 0.240. The van der Waals surface area contributed by atoms with Crippen molar-refractivity contribution in [2.24, 2.45) is 0 Å². The number of benzene rings is 1. The van der Waals surface area contributed by atoms with Crippen LogP contribution in [-0.2, 0) is 4.74 Å². The van der Waals surface area contributed by atoms with Crippen molar-refractivity contribution in [1.29, 1.82) is 0 Å². The number of amides is 1. The molecule has 3 heterocycles. The first kappa shape index (κ1) is 22.4. The SMILES string of the molecule is O=C(NO)c1cc(NCCN2CCOCC2)nc(-c2ccc(C#Cc3cccnc3)cc2)c1. The summed E-state index contributed by atoms with van der Waals surface area (Å²) in [6.45, 7) is 4.83. The molecule has 0 unspecified atom stereocenters. The van der Waals surface area contributed by atoms with Gasteiger partial charge in [0.05, 0.1) is 18.9 Å². The van der Waals surface area contributed by atoms with Crippen LogP contribution < -0.4 is 10.8 Å². The second-order valence-corrected chi connectivity index (χ2v) is 7.52. The van der Waals surface area contributed by atoms with Crippen LogP contribution in [0.2, 0.25) is 0 Å². The Bertz CT molecular complexity index is 1130. The molecule has 0 spiro atoms. The highest BCUT2D eigenvalue weighted by Gasteiger charge is 2.12. The third kappa shape index (κ3) is 6.37. The Morgan fingerprint density at radius 1 is 1.09 bits per heavy atom. The maximum Gasteiger partial charge on any atom is 0.274 e. The highest BCUT2D eigenvalue weighted by atomic mass is 16.5. The van der Waals surface area contributed by atoms with Gasteiger partial charge in [0.1, 0.15) is 5.82 Å². The highest BCUT2D eigenvalue weighted by Crippen LogP contribution is 2.22. The van der Waals surface area contributed by atoms with Crippen LogP contribution in [0.5, 0.6) is 0 Å². The molecular weight excluding hydrogens is 418 g/mol. The molecule has 1 aromatic carbocycles. The van der Waals surface area contributed by atoms with E-state index < -0.39 is 5.91 Å². The first-order valence-electron chi connectivity index (χ1n) is 10.7. The number of anilines is 1. The van der Waals surface area contributed by atoms with Crippen molar-refractivity contribution in [1.82, 2.24) is 20.3 Å². The van der Waals surface area contributed by atoms with Crippen LogP contribution in [0.1, 0.15) is 21.5 Å². The van der Waals surface area contributed by atoms with E-state index in [1.165, 1.54) is 0 Å². The number of morpholine rings is 1. The normalized spacial score (nSPS) is 13.6. The van der Waals surface area contributed by atoms with Gasteiger partial charge in [0, 0.05) is 60.8 Å². The molecule has 0 saturated carbocycles. The van der Waals surface area contributed by atoms with Crippen LogP contribution in [0.4, 0.5) is 5.82 Å². The number of hydroxylamine groups is 1. The molecule has 0 bridgehead atoms. The number of ether oxygens (including phenoxy) is 1. The predicted molar refractivity (Wildman–Crippen MR) is 125 cm³/mol. The van der Waals surface area contributed by atoms with Crippen molar-refractivity contribution in [2.75, 3.05) is 44.7 Å². The molecule has 168 valence electrons. The Kier molecular flexibility index (Phi) is 7.61. The molecule has 1 aliphatic rings. The number of hydrogen-bond donors (Lipinski definition) is 3. The van der Waals surface area contributed by atoms with E-state index in [1.807, 2.05) is 36.4 Å². The molecule has 33 heavy (non-hydrogen) atoms. The van der Waals surface area contributed by atoms with Crippen LogP contribution in [-0.4, -0.2) is 65.4 Å². The van der Waals surface area contributed by atoms with Crippen molar-refractivity contribution in [3.63, 3.8) is 0 Å². The lowest BCUT2D eigenvalue weighted by molar-refractivity contribution is 0.0398. The van der Waals surface area contributed by atoms with Gasteiger partial charge in [0.25, 0.3) is 5.91 Å². The van der Waals surface area contributed by atoms with Gasteiger partial charge in [0.15, 0.2) is 0 Å². The van der Waals surface area contributed by atoms with Crippen LogP contribution >= 0.6 is 0 Å². The van der Waals surface area contributed by atoms with Crippen molar-refractivity contribution < 1.29 is 14.7 Å². The Balaban J connectivity index is 1.50. The molecule has 2 aromatic heterocycles. The van der Waals surface area contributed by atoms with E-state index in [0.717, 1.165) is 49.5 Å². The summed E-state index contributed by atoms with van der Waals surface area (Å²) in [5.74, 6) is 6.18. The van der Waals surface area contributed by atoms with E-state index in [1.54, 1.807) is 30.0 Å². The topological polar surface area (TPSA) is 99.6 Å². The maximum absolute atomic E-state index is 12.1. The Labute approximate surface area is 192 Å². The van der Waals surface area contributed by atoms with Crippen LogP contribution in [0, 0.1) is 11.8 Å².